The lowest BCUT2D eigenvalue weighted by atomic mass is 10.2. The molecule has 0 aromatic rings. The van der Waals surface area contributed by atoms with Crippen LogP contribution in [-0.4, -0.2) is 59.0 Å². The Balaban J connectivity index is 1.82. The van der Waals surface area contributed by atoms with Gasteiger partial charge in [0.05, 0.1) is 6.42 Å². The molecule has 0 bridgehead atoms. The van der Waals surface area contributed by atoms with Gasteiger partial charge in [-0.15, -0.1) is 0 Å². The Morgan fingerprint density at radius 3 is 2.71 bits per heavy atom. The van der Waals surface area contributed by atoms with E-state index in [4.69, 9.17) is 10.9 Å². The van der Waals surface area contributed by atoms with Crippen LogP contribution in [0.5, 0.6) is 0 Å². The maximum atomic E-state index is 11.8. The molecule has 0 spiro atoms. The summed E-state index contributed by atoms with van der Waals surface area (Å²) in [7, 11) is 0. The van der Waals surface area contributed by atoms with Gasteiger partial charge in [-0.3, -0.25) is 9.69 Å². The van der Waals surface area contributed by atoms with Crippen molar-refractivity contribution in [2.24, 2.45) is 10.9 Å². The zero-order valence-electron chi connectivity index (χ0n) is 10.0. The molecule has 0 aromatic carbocycles. The highest BCUT2D eigenvalue weighted by atomic mass is 16.4. The van der Waals surface area contributed by atoms with Crippen LogP contribution in [0, 0.1) is 0 Å². The summed E-state index contributed by atoms with van der Waals surface area (Å²) in [6, 6.07) is 0.508. The number of carbonyl (C=O) groups excluding carboxylic acids is 1. The van der Waals surface area contributed by atoms with Gasteiger partial charge < -0.3 is 15.8 Å². The number of amides is 1. The maximum Gasteiger partial charge on any atom is 0.230 e. The monoisotopic (exact) mass is 240 g/mol. The second kappa shape index (κ2) is 5.35. The van der Waals surface area contributed by atoms with Crippen molar-refractivity contribution >= 4 is 11.7 Å². The molecule has 3 N–H and O–H groups in total. The van der Waals surface area contributed by atoms with Crippen molar-refractivity contribution in [3.8, 4) is 0 Å². The Labute approximate surface area is 101 Å². The minimum absolute atomic E-state index is 0.0142. The lowest BCUT2D eigenvalue weighted by Crippen LogP contribution is -2.38. The zero-order valence-corrected chi connectivity index (χ0v) is 10.0. The van der Waals surface area contributed by atoms with Crippen molar-refractivity contribution in [3.05, 3.63) is 0 Å². The molecule has 2 aliphatic rings. The van der Waals surface area contributed by atoms with Crippen molar-refractivity contribution in [1.82, 2.24) is 9.80 Å². The molecule has 96 valence electrons. The van der Waals surface area contributed by atoms with Gasteiger partial charge in [0, 0.05) is 19.1 Å². The quantitative estimate of drug-likeness (QED) is 0.310. The van der Waals surface area contributed by atoms with E-state index < -0.39 is 0 Å². The van der Waals surface area contributed by atoms with Crippen LogP contribution in [0.1, 0.15) is 25.7 Å². The number of hydrogen-bond donors (Lipinski definition) is 2. The second-order valence-electron chi connectivity index (χ2n) is 4.79. The fraction of sp³-hybridized carbons (Fsp3) is 0.818. The molecule has 1 amide bonds. The molecule has 2 aliphatic heterocycles. The highest BCUT2D eigenvalue weighted by Gasteiger charge is 2.31. The Morgan fingerprint density at radius 2 is 2.06 bits per heavy atom. The molecule has 0 aromatic heterocycles. The minimum atomic E-state index is -0.0398. The third kappa shape index (κ3) is 2.88. The van der Waals surface area contributed by atoms with E-state index in [-0.39, 0.29) is 18.2 Å². The lowest BCUT2D eigenvalue weighted by Gasteiger charge is -2.23. The van der Waals surface area contributed by atoms with Crippen molar-refractivity contribution in [3.63, 3.8) is 0 Å². The van der Waals surface area contributed by atoms with Gasteiger partial charge in [-0.05, 0) is 32.4 Å². The summed E-state index contributed by atoms with van der Waals surface area (Å²) in [6.45, 7) is 3.90. The fourth-order valence-electron chi connectivity index (χ4n) is 2.68. The number of nitrogens with two attached hydrogens (primary N) is 1. The van der Waals surface area contributed by atoms with Gasteiger partial charge in [0.25, 0.3) is 0 Å². The molecule has 0 saturated carbocycles. The van der Waals surface area contributed by atoms with Crippen LogP contribution < -0.4 is 5.73 Å². The summed E-state index contributed by atoms with van der Waals surface area (Å²) in [5.74, 6) is -0.0541. The summed E-state index contributed by atoms with van der Waals surface area (Å²) in [5, 5.41) is 11.3. The van der Waals surface area contributed by atoms with Crippen LogP contribution in [-0.2, 0) is 4.79 Å². The maximum absolute atomic E-state index is 11.8. The first-order chi connectivity index (χ1) is 8.20. The average molecular weight is 240 g/mol. The highest BCUT2D eigenvalue weighted by molar-refractivity contribution is 5.98. The van der Waals surface area contributed by atoms with Crippen molar-refractivity contribution in [2.75, 3.05) is 26.2 Å². The summed E-state index contributed by atoms with van der Waals surface area (Å²) in [5.41, 5.74) is 5.34. The molecule has 1 atom stereocenters. The molecular weight excluding hydrogens is 220 g/mol. The largest absolute Gasteiger partial charge is 0.409 e. The van der Waals surface area contributed by atoms with Crippen molar-refractivity contribution in [1.29, 1.82) is 0 Å². The molecule has 1 unspecified atom stereocenters. The third-order valence-electron chi connectivity index (χ3n) is 3.63. The van der Waals surface area contributed by atoms with E-state index in [1.807, 2.05) is 4.90 Å². The fourth-order valence-corrected chi connectivity index (χ4v) is 2.68. The van der Waals surface area contributed by atoms with Gasteiger partial charge in [-0.1, -0.05) is 5.16 Å². The van der Waals surface area contributed by atoms with Gasteiger partial charge in [-0.2, -0.15) is 0 Å². The molecule has 2 heterocycles. The van der Waals surface area contributed by atoms with Gasteiger partial charge in [0.1, 0.15) is 5.84 Å². The first kappa shape index (κ1) is 12.2. The standard InChI is InChI=1S/C11H20N4O2/c12-10(13-17)7-11(16)15-6-3-9(8-15)14-4-1-2-5-14/h9,17H,1-8H2,(H2,12,13). The third-order valence-corrected chi connectivity index (χ3v) is 3.63. The molecule has 0 radical (unpaired) electrons. The summed E-state index contributed by atoms with van der Waals surface area (Å²) < 4.78 is 0. The van der Waals surface area contributed by atoms with Gasteiger partial charge in [0.15, 0.2) is 0 Å². The summed E-state index contributed by atoms with van der Waals surface area (Å²) >= 11 is 0. The van der Waals surface area contributed by atoms with Crippen LogP contribution in [0.3, 0.4) is 0 Å². The second-order valence-corrected chi connectivity index (χ2v) is 4.79. The van der Waals surface area contributed by atoms with Gasteiger partial charge in [-0.25, -0.2) is 0 Å². The van der Waals surface area contributed by atoms with E-state index >= 15 is 0 Å². The smallest absolute Gasteiger partial charge is 0.230 e. The highest BCUT2D eigenvalue weighted by Crippen LogP contribution is 2.20. The van der Waals surface area contributed by atoms with Crippen LogP contribution in [0.2, 0.25) is 0 Å². The number of rotatable bonds is 3. The molecule has 0 aliphatic carbocycles. The first-order valence-corrected chi connectivity index (χ1v) is 6.19. The molecular formula is C11H20N4O2. The normalized spacial score (nSPS) is 26.7. The Hall–Kier alpha value is -1.30. The van der Waals surface area contributed by atoms with Crippen LogP contribution in [0.15, 0.2) is 5.16 Å². The van der Waals surface area contributed by atoms with E-state index in [2.05, 4.69) is 10.1 Å². The Bertz CT molecular complexity index is 313. The molecule has 6 heteroatoms. The van der Waals surface area contributed by atoms with E-state index in [1.54, 1.807) is 0 Å². The minimum Gasteiger partial charge on any atom is -0.409 e. The molecule has 2 rings (SSSR count). The number of nitrogens with zero attached hydrogens (tertiary/aromatic N) is 3. The van der Waals surface area contributed by atoms with Crippen LogP contribution in [0.25, 0.3) is 0 Å². The zero-order chi connectivity index (χ0) is 12.3. The summed E-state index contributed by atoms with van der Waals surface area (Å²) in [4.78, 5) is 16.1. The van der Waals surface area contributed by atoms with Crippen molar-refractivity contribution in [2.45, 2.75) is 31.7 Å². The molecule has 17 heavy (non-hydrogen) atoms. The molecule has 2 saturated heterocycles. The molecule has 6 nitrogen and oxygen atoms in total. The van der Waals surface area contributed by atoms with Crippen LogP contribution >= 0.6 is 0 Å². The average Bonchev–Trinajstić information content (AvgIpc) is 2.98. The van der Waals surface area contributed by atoms with E-state index in [9.17, 15) is 4.79 Å². The SMILES string of the molecule is NC(CC(=O)N1CCC(N2CCCC2)C1)=NO. The number of oxime groups is 1. The van der Waals surface area contributed by atoms with Gasteiger partial charge >= 0.3 is 0 Å². The number of hydrogen-bond acceptors (Lipinski definition) is 4. The number of amidine groups is 1. The van der Waals surface area contributed by atoms with E-state index in [1.165, 1.54) is 12.8 Å². The Kier molecular flexibility index (Phi) is 3.83. The van der Waals surface area contributed by atoms with Gasteiger partial charge in [0.2, 0.25) is 5.91 Å². The van der Waals surface area contributed by atoms with E-state index in [0.29, 0.717) is 6.04 Å². The molecule has 2 fully saturated rings. The predicted octanol–water partition coefficient (Wildman–Crippen LogP) is -0.180. The first-order valence-electron chi connectivity index (χ1n) is 6.19. The summed E-state index contributed by atoms with van der Waals surface area (Å²) in [6.07, 6.45) is 3.61. The predicted molar refractivity (Wildman–Crippen MR) is 63.8 cm³/mol. The van der Waals surface area contributed by atoms with Crippen LogP contribution in [0.4, 0.5) is 0 Å². The van der Waals surface area contributed by atoms with E-state index in [0.717, 1.165) is 32.6 Å². The number of likely N-dealkylation sites (tertiary alicyclic amines) is 2. The number of carbonyl (C=O) groups is 1. The topological polar surface area (TPSA) is 82.2 Å². The lowest BCUT2D eigenvalue weighted by molar-refractivity contribution is -0.129. The van der Waals surface area contributed by atoms with Crippen molar-refractivity contribution < 1.29 is 10.0 Å². The Morgan fingerprint density at radius 1 is 1.35 bits per heavy atom.